The molecule has 15 heavy (non-hydrogen) atoms. The predicted octanol–water partition coefficient (Wildman–Crippen LogP) is 1.26. The molecule has 1 rings (SSSR count). The molecule has 0 saturated heterocycles. The molecule has 0 bridgehead atoms. The van der Waals surface area contributed by atoms with Crippen molar-refractivity contribution in [2.45, 2.75) is 4.90 Å². The first-order chi connectivity index (χ1) is 6.86. The minimum atomic E-state index is -4.94. The lowest BCUT2D eigenvalue weighted by Crippen LogP contribution is -1.97. The van der Waals surface area contributed by atoms with Gasteiger partial charge >= 0.3 is 15.9 Å². The van der Waals surface area contributed by atoms with Crippen LogP contribution in [0, 0.1) is 10.1 Å². The molecule has 0 aromatic heterocycles. The standard InChI is InChI=1S/C7H6FNO5S/c1-14-7-3-2-5(15(8,12)13)4-6(7)9(10)11/h2-4H,1H3. The first kappa shape index (κ1) is 11.4. The third-order valence-electron chi connectivity index (χ3n) is 1.63. The van der Waals surface area contributed by atoms with Crippen LogP contribution < -0.4 is 4.74 Å². The lowest BCUT2D eigenvalue weighted by Gasteiger charge is -2.01. The molecule has 82 valence electrons. The first-order valence-corrected chi connectivity index (χ1v) is 5.01. The number of methoxy groups -OCH3 is 1. The van der Waals surface area contributed by atoms with Gasteiger partial charge in [-0.05, 0) is 12.1 Å². The second-order valence-electron chi connectivity index (χ2n) is 2.53. The van der Waals surface area contributed by atoms with Crippen molar-refractivity contribution in [3.05, 3.63) is 28.3 Å². The fraction of sp³-hybridized carbons (Fsp3) is 0.143. The van der Waals surface area contributed by atoms with Gasteiger partial charge in [0.05, 0.1) is 12.0 Å². The summed E-state index contributed by atoms with van der Waals surface area (Å²) >= 11 is 0. The largest absolute Gasteiger partial charge is 0.490 e. The zero-order valence-electron chi connectivity index (χ0n) is 7.51. The van der Waals surface area contributed by atoms with Crippen LogP contribution in [0.25, 0.3) is 0 Å². The normalized spacial score (nSPS) is 11.1. The van der Waals surface area contributed by atoms with Gasteiger partial charge in [-0.3, -0.25) is 10.1 Å². The van der Waals surface area contributed by atoms with Crippen LogP contribution in [-0.2, 0) is 10.2 Å². The number of nitro benzene ring substituents is 1. The molecular formula is C7H6FNO5S. The van der Waals surface area contributed by atoms with E-state index in [0.717, 1.165) is 12.1 Å². The molecule has 0 heterocycles. The van der Waals surface area contributed by atoms with E-state index in [0.29, 0.717) is 6.07 Å². The highest BCUT2D eigenvalue weighted by Crippen LogP contribution is 2.29. The summed E-state index contributed by atoms with van der Waals surface area (Å²) in [6, 6.07) is 2.51. The van der Waals surface area contributed by atoms with E-state index in [1.165, 1.54) is 7.11 Å². The van der Waals surface area contributed by atoms with Crippen LogP contribution >= 0.6 is 0 Å². The van der Waals surface area contributed by atoms with Crippen LogP contribution in [0.2, 0.25) is 0 Å². The van der Waals surface area contributed by atoms with E-state index in [-0.39, 0.29) is 5.75 Å². The van der Waals surface area contributed by atoms with Gasteiger partial charge in [-0.15, -0.1) is 3.89 Å². The Bertz CT molecular complexity index is 498. The van der Waals surface area contributed by atoms with Crippen molar-refractivity contribution in [1.82, 2.24) is 0 Å². The zero-order valence-corrected chi connectivity index (χ0v) is 8.32. The van der Waals surface area contributed by atoms with Gasteiger partial charge in [0.2, 0.25) is 0 Å². The lowest BCUT2D eigenvalue weighted by molar-refractivity contribution is -0.386. The average Bonchev–Trinajstić information content (AvgIpc) is 2.15. The van der Waals surface area contributed by atoms with Crippen molar-refractivity contribution >= 4 is 15.9 Å². The van der Waals surface area contributed by atoms with Crippen molar-refractivity contribution in [1.29, 1.82) is 0 Å². The summed E-state index contributed by atoms with van der Waals surface area (Å²) < 4.78 is 38.1. The molecule has 0 N–H and O–H groups in total. The summed E-state index contributed by atoms with van der Waals surface area (Å²) in [5, 5.41) is 10.5. The third-order valence-corrected chi connectivity index (χ3v) is 2.45. The van der Waals surface area contributed by atoms with Crippen molar-refractivity contribution < 1.29 is 22.0 Å². The quantitative estimate of drug-likeness (QED) is 0.447. The van der Waals surface area contributed by atoms with E-state index in [1.807, 2.05) is 0 Å². The molecule has 0 atom stereocenters. The second kappa shape index (κ2) is 3.81. The Balaban J connectivity index is 3.42. The van der Waals surface area contributed by atoms with E-state index >= 15 is 0 Å². The fourth-order valence-electron chi connectivity index (χ4n) is 0.964. The molecule has 0 unspecified atom stereocenters. The van der Waals surface area contributed by atoms with E-state index in [4.69, 9.17) is 0 Å². The number of benzene rings is 1. The molecule has 0 fully saturated rings. The summed E-state index contributed by atoms with van der Waals surface area (Å²) in [5.74, 6) is -0.132. The molecule has 0 aliphatic rings. The molecule has 0 aliphatic carbocycles. The highest BCUT2D eigenvalue weighted by molar-refractivity contribution is 7.86. The maximum absolute atomic E-state index is 12.5. The molecule has 1 aromatic carbocycles. The van der Waals surface area contributed by atoms with Gasteiger partial charge in [0.15, 0.2) is 5.75 Å². The van der Waals surface area contributed by atoms with Crippen molar-refractivity contribution in [2.75, 3.05) is 7.11 Å². The Hall–Kier alpha value is -1.70. The number of hydrogen-bond acceptors (Lipinski definition) is 5. The van der Waals surface area contributed by atoms with Gasteiger partial charge in [-0.1, -0.05) is 0 Å². The van der Waals surface area contributed by atoms with Crippen molar-refractivity contribution in [3.8, 4) is 5.75 Å². The average molecular weight is 235 g/mol. The number of hydrogen-bond donors (Lipinski definition) is 0. The van der Waals surface area contributed by atoms with Crippen LogP contribution in [0.3, 0.4) is 0 Å². The van der Waals surface area contributed by atoms with Gasteiger partial charge in [-0.2, -0.15) is 8.42 Å². The lowest BCUT2D eigenvalue weighted by atomic mass is 10.3. The van der Waals surface area contributed by atoms with Crippen LogP contribution in [0.5, 0.6) is 5.75 Å². The van der Waals surface area contributed by atoms with E-state index in [1.54, 1.807) is 0 Å². The van der Waals surface area contributed by atoms with E-state index in [9.17, 15) is 22.4 Å². The Morgan fingerprint density at radius 2 is 2.07 bits per heavy atom. The summed E-state index contributed by atoms with van der Waals surface area (Å²) in [5.41, 5.74) is -0.601. The Morgan fingerprint density at radius 3 is 2.47 bits per heavy atom. The highest BCUT2D eigenvalue weighted by Gasteiger charge is 2.21. The van der Waals surface area contributed by atoms with Crippen molar-refractivity contribution in [3.63, 3.8) is 0 Å². The molecule has 0 spiro atoms. The summed E-state index contributed by atoms with van der Waals surface area (Å²) in [4.78, 5) is 8.85. The van der Waals surface area contributed by atoms with Gasteiger partial charge in [-0.25, -0.2) is 0 Å². The SMILES string of the molecule is COc1ccc(S(=O)(=O)F)cc1[N+](=O)[O-]. The van der Waals surface area contributed by atoms with Crippen LogP contribution in [-0.4, -0.2) is 20.5 Å². The molecule has 0 aliphatic heterocycles. The zero-order chi connectivity index (χ0) is 11.6. The number of ether oxygens (including phenoxy) is 1. The summed E-state index contributed by atoms with van der Waals surface area (Å²) in [6.45, 7) is 0. The van der Waals surface area contributed by atoms with Gasteiger partial charge in [0.1, 0.15) is 4.90 Å². The number of rotatable bonds is 3. The number of nitro groups is 1. The minimum absolute atomic E-state index is 0.132. The van der Waals surface area contributed by atoms with Crippen LogP contribution in [0.15, 0.2) is 23.1 Å². The Morgan fingerprint density at radius 1 is 1.47 bits per heavy atom. The number of halogens is 1. The molecule has 0 radical (unpaired) electrons. The molecular weight excluding hydrogens is 229 g/mol. The molecule has 0 amide bonds. The minimum Gasteiger partial charge on any atom is -0.490 e. The first-order valence-electron chi connectivity index (χ1n) is 3.63. The Kier molecular flexibility index (Phi) is 2.89. The number of nitrogens with zero attached hydrogens (tertiary/aromatic N) is 1. The molecule has 1 aromatic rings. The monoisotopic (exact) mass is 235 g/mol. The van der Waals surface area contributed by atoms with Crippen LogP contribution in [0.1, 0.15) is 0 Å². The molecule has 0 saturated carbocycles. The predicted molar refractivity (Wildman–Crippen MR) is 47.9 cm³/mol. The van der Waals surface area contributed by atoms with Crippen LogP contribution in [0.4, 0.5) is 9.57 Å². The molecule has 6 nitrogen and oxygen atoms in total. The Labute approximate surface area is 84.6 Å². The van der Waals surface area contributed by atoms with Crippen molar-refractivity contribution in [2.24, 2.45) is 0 Å². The third kappa shape index (κ3) is 2.40. The smallest absolute Gasteiger partial charge is 0.332 e. The maximum Gasteiger partial charge on any atom is 0.332 e. The second-order valence-corrected chi connectivity index (χ2v) is 3.88. The maximum atomic E-state index is 12.5. The van der Waals surface area contributed by atoms with Gasteiger partial charge in [0.25, 0.3) is 0 Å². The summed E-state index contributed by atoms with van der Waals surface area (Å²) in [7, 11) is -3.76. The summed E-state index contributed by atoms with van der Waals surface area (Å²) in [6.07, 6.45) is 0. The topological polar surface area (TPSA) is 86.5 Å². The van der Waals surface area contributed by atoms with E-state index < -0.39 is 25.7 Å². The fourth-order valence-corrected chi connectivity index (χ4v) is 1.45. The molecule has 8 heteroatoms. The van der Waals surface area contributed by atoms with Gasteiger partial charge < -0.3 is 4.74 Å². The van der Waals surface area contributed by atoms with E-state index in [2.05, 4.69) is 4.74 Å². The van der Waals surface area contributed by atoms with Gasteiger partial charge in [0, 0.05) is 6.07 Å². The highest BCUT2D eigenvalue weighted by atomic mass is 32.3.